The molecule has 14 heavy (non-hydrogen) atoms. The first-order valence-corrected chi connectivity index (χ1v) is 5.60. The second-order valence-electron chi connectivity index (χ2n) is 4.72. The Kier molecular flexibility index (Phi) is 1.79. The van der Waals surface area contributed by atoms with E-state index < -0.39 is 0 Å². The third-order valence-electron chi connectivity index (χ3n) is 3.65. The van der Waals surface area contributed by atoms with Crippen molar-refractivity contribution >= 4 is 0 Å². The molecule has 0 N–H and O–H groups in total. The first-order valence-electron chi connectivity index (χ1n) is 5.60. The summed E-state index contributed by atoms with van der Waals surface area (Å²) in [6, 6.07) is 8.54. The molecule has 0 amide bonds. The highest BCUT2D eigenvalue weighted by Crippen LogP contribution is 2.46. The van der Waals surface area contributed by atoms with Gasteiger partial charge in [-0.05, 0) is 31.2 Å². The molecule has 1 aromatic rings. The van der Waals surface area contributed by atoms with Crippen molar-refractivity contribution in [2.75, 3.05) is 0 Å². The van der Waals surface area contributed by atoms with Gasteiger partial charge in [0.05, 0.1) is 0 Å². The molecule has 1 nitrogen and oxygen atoms in total. The molecule has 1 aliphatic carbocycles. The smallest absolute Gasteiger partial charge is 0.123 e. The lowest BCUT2D eigenvalue weighted by atomic mass is 9.78. The van der Waals surface area contributed by atoms with Crippen LogP contribution in [0.3, 0.4) is 0 Å². The summed E-state index contributed by atoms with van der Waals surface area (Å²) in [4.78, 5) is 0. The van der Waals surface area contributed by atoms with Gasteiger partial charge in [-0.2, -0.15) is 0 Å². The van der Waals surface area contributed by atoms with E-state index in [-0.39, 0.29) is 0 Å². The van der Waals surface area contributed by atoms with Gasteiger partial charge in [-0.15, -0.1) is 0 Å². The minimum absolute atomic E-state index is 0.476. The van der Waals surface area contributed by atoms with E-state index in [0.29, 0.717) is 12.0 Å². The molecule has 2 aliphatic rings. The predicted molar refractivity (Wildman–Crippen MR) is 56.6 cm³/mol. The quantitative estimate of drug-likeness (QED) is 0.606. The second-order valence-corrected chi connectivity index (χ2v) is 4.72. The SMILES string of the molecule is CC1CCC2Oc3ccccc3C2C1. The van der Waals surface area contributed by atoms with Gasteiger partial charge < -0.3 is 4.74 Å². The third-order valence-corrected chi connectivity index (χ3v) is 3.65. The summed E-state index contributed by atoms with van der Waals surface area (Å²) in [6.07, 6.45) is 4.35. The molecular formula is C13H16O. The maximum atomic E-state index is 5.96. The van der Waals surface area contributed by atoms with E-state index in [1.807, 2.05) is 0 Å². The van der Waals surface area contributed by atoms with Gasteiger partial charge in [0.1, 0.15) is 11.9 Å². The van der Waals surface area contributed by atoms with Gasteiger partial charge in [0.25, 0.3) is 0 Å². The normalized spacial score (nSPS) is 34.5. The van der Waals surface area contributed by atoms with Crippen molar-refractivity contribution < 1.29 is 4.74 Å². The van der Waals surface area contributed by atoms with Crippen molar-refractivity contribution in [3.8, 4) is 5.75 Å². The lowest BCUT2D eigenvalue weighted by molar-refractivity contribution is 0.142. The van der Waals surface area contributed by atoms with Crippen molar-refractivity contribution in [3.05, 3.63) is 29.8 Å². The number of hydrogen-bond donors (Lipinski definition) is 0. The molecule has 0 radical (unpaired) electrons. The molecule has 0 spiro atoms. The van der Waals surface area contributed by atoms with Crippen molar-refractivity contribution in [1.29, 1.82) is 0 Å². The summed E-state index contributed by atoms with van der Waals surface area (Å²) < 4.78 is 5.96. The maximum Gasteiger partial charge on any atom is 0.123 e. The van der Waals surface area contributed by atoms with E-state index in [4.69, 9.17) is 4.74 Å². The van der Waals surface area contributed by atoms with Crippen LogP contribution in [-0.2, 0) is 0 Å². The van der Waals surface area contributed by atoms with Gasteiger partial charge in [-0.3, -0.25) is 0 Å². The summed E-state index contributed by atoms with van der Waals surface area (Å²) in [6.45, 7) is 2.36. The van der Waals surface area contributed by atoms with Crippen molar-refractivity contribution in [3.63, 3.8) is 0 Å². The van der Waals surface area contributed by atoms with E-state index in [0.717, 1.165) is 11.7 Å². The standard InChI is InChI=1S/C13H16O/c1-9-6-7-13-11(8-9)10-4-2-3-5-12(10)14-13/h2-5,9,11,13H,6-8H2,1H3. The molecule has 3 unspecified atom stereocenters. The minimum Gasteiger partial charge on any atom is -0.489 e. The lowest BCUT2D eigenvalue weighted by Gasteiger charge is -2.28. The Bertz CT molecular complexity index is 345. The zero-order chi connectivity index (χ0) is 9.54. The highest BCUT2D eigenvalue weighted by atomic mass is 16.5. The Balaban J connectivity index is 1.97. The number of hydrogen-bond acceptors (Lipinski definition) is 1. The first-order chi connectivity index (χ1) is 6.84. The van der Waals surface area contributed by atoms with Gasteiger partial charge in [-0.25, -0.2) is 0 Å². The molecule has 1 aliphatic heterocycles. The van der Waals surface area contributed by atoms with Crippen molar-refractivity contribution in [2.45, 2.75) is 38.2 Å². The molecule has 1 heterocycles. The van der Waals surface area contributed by atoms with Crippen LogP contribution in [0, 0.1) is 5.92 Å². The molecule has 1 saturated carbocycles. The largest absolute Gasteiger partial charge is 0.489 e. The summed E-state index contributed by atoms with van der Waals surface area (Å²) in [5.41, 5.74) is 1.45. The van der Waals surface area contributed by atoms with Crippen LogP contribution in [0.2, 0.25) is 0 Å². The Morgan fingerprint density at radius 2 is 2.07 bits per heavy atom. The summed E-state index contributed by atoms with van der Waals surface area (Å²) in [5.74, 6) is 2.68. The molecule has 0 bridgehead atoms. The first kappa shape index (κ1) is 8.34. The predicted octanol–water partition coefficient (Wildman–Crippen LogP) is 3.35. The summed E-state index contributed by atoms with van der Waals surface area (Å²) >= 11 is 0. The van der Waals surface area contributed by atoms with E-state index in [2.05, 4.69) is 31.2 Å². The lowest BCUT2D eigenvalue weighted by Crippen LogP contribution is -2.26. The number of benzene rings is 1. The number of rotatable bonds is 0. The molecular weight excluding hydrogens is 172 g/mol. The van der Waals surface area contributed by atoms with Crippen molar-refractivity contribution in [1.82, 2.24) is 0 Å². The fourth-order valence-corrected chi connectivity index (χ4v) is 2.88. The molecule has 3 atom stereocenters. The van der Waals surface area contributed by atoms with Crippen LogP contribution in [-0.4, -0.2) is 6.10 Å². The molecule has 74 valence electrons. The zero-order valence-corrected chi connectivity index (χ0v) is 8.57. The molecule has 0 aromatic heterocycles. The molecule has 1 aromatic carbocycles. The average molecular weight is 188 g/mol. The summed E-state index contributed by atoms with van der Waals surface area (Å²) in [5, 5.41) is 0. The molecule has 1 heteroatoms. The van der Waals surface area contributed by atoms with Gasteiger partial charge in [0, 0.05) is 11.5 Å². The van der Waals surface area contributed by atoms with Gasteiger partial charge in [0.15, 0.2) is 0 Å². The van der Waals surface area contributed by atoms with Crippen LogP contribution in [0.4, 0.5) is 0 Å². The van der Waals surface area contributed by atoms with Gasteiger partial charge in [-0.1, -0.05) is 25.1 Å². The summed E-state index contributed by atoms with van der Waals surface area (Å²) in [7, 11) is 0. The fraction of sp³-hybridized carbons (Fsp3) is 0.538. The van der Waals surface area contributed by atoms with E-state index in [1.54, 1.807) is 0 Å². The van der Waals surface area contributed by atoms with Gasteiger partial charge >= 0.3 is 0 Å². The van der Waals surface area contributed by atoms with Crippen LogP contribution in [0.1, 0.15) is 37.7 Å². The number of para-hydroxylation sites is 1. The topological polar surface area (TPSA) is 9.23 Å². The molecule has 1 fully saturated rings. The highest BCUT2D eigenvalue weighted by Gasteiger charge is 2.37. The zero-order valence-electron chi connectivity index (χ0n) is 8.57. The van der Waals surface area contributed by atoms with Crippen LogP contribution in [0.25, 0.3) is 0 Å². The third kappa shape index (κ3) is 1.15. The van der Waals surface area contributed by atoms with E-state index in [1.165, 1.54) is 24.8 Å². The number of fused-ring (bicyclic) bond motifs is 3. The Morgan fingerprint density at radius 1 is 1.21 bits per heavy atom. The Morgan fingerprint density at radius 3 is 3.00 bits per heavy atom. The second kappa shape index (κ2) is 3.01. The van der Waals surface area contributed by atoms with Crippen LogP contribution >= 0.6 is 0 Å². The monoisotopic (exact) mass is 188 g/mol. The highest BCUT2D eigenvalue weighted by molar-refractivity contribution is 5.41. The average Bonchev–Trinajstić information content (AvgIpc) is 2.56. The maximum absolute atomic E-state index is 5.96. The van der Waals surface area contributed by atoms with E-state index >= 15 is 0 Å². The minimum atomic E-state index is 0.476. The van der Waals surface area contributed by atoms with Gasteiger partial charge in [0.2, 0.25) is 0 Å². The van der Waals surface area contributed by atoms with Crippen LogP contribution < -0.4 is 4.74 Å². The number of ether oxygens (including phenoxy) is 1. The fourth-order valence-electron chi connectivity index (χ4n) is 2.88. The van der Waals surface area contributed by atoms with E-state index in [9.17, 15) is 0 Å². The van der Waals surface area contributed by atoms with Crippen molar-refractivity contribution in [2.24, 2.45) is 5.92 Å². The molecule has 3 rings (SSSR count). The Hall–Kier alpha value is -0.980. The van der Waals surface area contributed by atoms with Crippen LogP contribution in [0.5, 0.6) is 5.75 Å². The van der Waals surface area contributed by atoms with Crippen LogP contribution in [0.15, 0.2) is 24.3 Å². The molecule has 0 saturated heterocycles. The Labute approximate surface area is 85.1 Å².